The van der Waals surface area contributed by atoms with E-state index in [2.05, 4.69) is 35.1 Å². The smallest absolute Gasteiger partial charge is 0.137 e. The van der Waals surface area contributed by atoms with E-state index in [-0.39, 0.29) is 0 Å². The molecule has 0 aliphatic carbocycles. The summed E-state index contributed by atoms with van der Waals surface area (Å²) in [5.74, 6) is 0.932. The first kappa shape index (κ1) is 12.5. The fraction of sp³-hybridized carbons (Fsp3) is 0.500. The Labute approximate surface area is 100 Å². The Balaban J connectivity index is 2.20. The van der Waals surface area contributed by atoms with Gasteiger partial charge in [0.05, 0.1) is 6.04 Å². The van der Waals surface area contributed by atoms with Gasteiger partial charge >= 0.3 is 0 Å². The largest absolute Gasteiger partial charge is 0.488 e. The van der Waals surface area contributed by atoms with Crippen molar-refractivity contribution >= 4 is 15.9 Å². The van der Waals surface area contributed by atoms with Gasteiger partial charge in [-0.05, 0) is 31.5 Å². The van der Waals surface area contributed by atoms with Crippen LogP contribution in [0.3, 0.4) is 0 Å². The number of quaternary nitrogens is 1. The summed E-state index contributed by atoms with van der Waals surface area (Å²) in [6.07, 6.45) is 1.21. The van der Waals surface area contributed by atoms with Crippen molar-refractivity contribution in [1.82, 2.24) is 0 Å². The molecule has 0 aliphatic heterocycles. The average Bonchev–Trinajstić information content (AvgIpc) is 2.24. The molecule has 0 bridgehead atoms. The second-order valence-electron chi connectivity index (χ2n) is 3.72. The second kappa shape index (κ2) is 6.85. The van der Waals surface area contributed by atoms with Crippen molar-refractivity contribution in [1.29, 1.82) is 0 Å². The van der Waals surface area contributed by atoms with Gasteiger partial charge in [-0.1, -0.05) is 28.9 Å². The van der Waals surface area contributed by atoms with Crippen LogP contribution in [-0.4, -0.2) is 19.2 Å². The highest BCUT2D eigenvalue weighted by Gasteiger charge is 2.00. The van der Waals surface area contributed by atoms with Gasteiger partial charge in [-0.25, -0.2) is 0 Å². The van der Waals surface area contributed by atoms with Gasteiger partial charge in [0, 0.05) is 4.47 Å². The third kappa shape index (κ3) is 5.19. The molecule has 1 aromatic carbocycles. The molecule has 0 saturated heterocycles. The lowest BCUT2D eigenvalue weighted by atomic mass is 10.3. The van der Waals surface area contributed by atoms with Crippen LogP contribution >= 0.6 is 15.9 Å². The molecular formula is C12H19BrNO+. The van der Waals surface area contributed by atoms with Gasteiger partial charge < -0.3 is 10.1 Å². The maximum atomic E-state index is 5.62. The molecule has 1 atom stereocenters. The summed E-state index contributed by atoms with van der Waals surface area (Å²) in [4.78, 5) is 0. The topological polar surface area (TPSA) is 25.8 Å². The van der Waals surface area contributed by atoms with Gasteiger partial charge in [-0.3, -0.25) is 0 Å². The van der Waals surface area contributed by atoms with Crippen molar-refractivity contribution in [3.05, 3.63) is 28.7 Å². The van der Waals surface area contributed by atoms with E-state index in [0.717, 1.165) is 23.4 Å². The Morgan fingerprint density at radius 3 is 2.93 bits per heavy atom. The minimum absolute atomic E-state index is 0.691. The van der Waals surface area contributed by atoms with Gasteiger partial charge in [0.1, 0.15) is 18.9 Å². The van der Waals surface area contributed by atoms with E-state index in [1.807, 2.05) is 24.3 Å². The number of ether oxygens (including phenoxy) is 1. The molecule has 0 radical (unpaired) electrons. The zero-order valence-electron chi connectivity index (χ0n) is 9.37. The molecule has 3 heteroatoms. The Kier molecular flexibility index (Phi) is 5.73. The summed E-state index contributed by atoms with van der Waals surface area (Å²) in [6.45, 7) is 6.22. The van der Waals surface area contributed by atoms with Crippen molar-refractivity contribution in [3.63, 3.8) is 0 Å². The maximum absolute atomic E-state index is 5.62. The second-order valence-corrected chi connectivity index (χ2v) is 4.63. The molecular weight excluding hydrogens is 254 g/mol. The van der Waals surface area contributed by atoms with Gasteiger partial charge in [-0.2, -0.15) is 0 Å². The van der Waals surface area contributed by atoms with Crippen LogP contribution in [0, 0.1) is 0 Å². The van der Waals surface area contributed by atoms with Crippen molar-refractivity contribution in [2.45, 2.75) is 26.3 Å². The molecule has 2 N–H and O–H groups in total. The summed E-state index contributed by atoms with van der Waals surface area (Å²) < 4.78 is 6.68. The molecule has 0 aromatic heterocycles. The van der Waals surface area contributed by atoms with E-state index in [9.17, 15) is 0 Å². The molecule has 0 heterocycles. The highest BCUT2D eigenvalue weighted by molar-refractivity contribution is 9.10. The summed E-state index contributed by atoms with van der Waals surface area (Å²) in [5.41, 5.74) is 0. The minimum atomic E-state index is 0.691. The molecule has 1 rings (SSSR count). The van der Waals surface area contributed by atoms with Crippen LogP contribution in [-0.2, 0) is 0 Å². The summed E-state index contributed by atoms with van der Waals surface area (Å²) in [6, 6.07) is 8.64. The van der Waals surface area contributed by atoms with Crippen LogP contribution < -0.4 is 10.1 Å². The minimum Gasteiger partial charge on any atom is -0.488 e. The van der Waals surface area contributed by atoms with E-state index in [1.165, 1.54) is 6.42 Å². The number of hydrogen-bond acceptors (Lipinski definition) is 1. The summed E-state index contributed by atoms with van der Waals surface area (Å²) >= 11 is 3.42. The zero-order valence-corrected chi connectivity index (χ0v) is 11.0. The fourth-order valence-electron chi connectivity index (χ4n) is 1.25. The fourth-order valence-corrected chi connectivity index (χ4v) is 1.63. The van der Waals surface area contributed by atoms with Gasteiger partial charge in [0.15, 0.2) is 0 Å². The third-order valence-corrected chi connectivity index (χ3v) is 2.89. The number of rotatable bonds is 6. The molecule has 0 aliphatic rings. The quantitative estimate of drug-likeness (QED) is 0.790. The normalized spacial score (nSPS) is 12.5. The van der Waals surface area contributed by atoms with Crippen LogP contribution in [0.15, 0.2) is 28.7 Å². The van der Waals surface area contributed by atoms with Crippen molar-refractivity contribution in [2.75, 3.05) is 13.2 Å². The van der Waals surface area contributed by atoms with Crippen LogP contribution in [0.5, 0.6) is 5.75 Å². The highest BCUT2D eigenvalue weighted by Crippen LogP contribution is 2.17. The summed E-state index contributed by atoms with van der Waals surface area (Å²) in [7, 11) is 0. The van der Waals surface area contributed by atoms with E-state index in [0.29, 0.717) is 6.04 Å². The zero-order chi connectivity index (χ0) is 11.1. The number of hydrogen-bond donors (Lipinski definition) is 1. The van der Waals surface area contributed by atoms with E-state index < -0.39 is 0 Å². The van der Waals surface area contributed by atoms with Crippen LogP contribution in [0.4, 0.5) is 0 Å². The van der Waals surface area contributed by atoms with Gasteiger partial charge in [0.2, 0.25) is 0 Å². The first-order valence-corrected chi connectivity index (χ1v) is 6.23. The molecule has 0 saturated carbocycles. The van der Waals surface area contributed by atoms with Gasteiger partial charge in [-0.15, -0.1) is 0 Å². The van der Waals surface area contributed by atoms with Crippen LogP contribution in [0.1, 0.15) is 20.3 Å². The first-order chi connectivity index (χ1) is 7.22. The Hall–Kier alpha value is -0.540. The van der Waals surface area contributed by atoms with Crippen LogP contribution in [0.2, 0.25) is 0 Å². The molecule has 0 unspecified atom stereocenters. The monoisotopic (exact) mass is 272 g/mol. The van der Waals surface area contributed by atoms with E-state index in [1.54, 1.807) is 0 Å². The molecule has 0 amide bonds. The third-order valence-electron chi connectivity index (χ3n) is 2.40. The number of halogens is 1. The number of benzene rings is 1. The summed E-state index contributed by atoms with van der Waals surface area (Å²) in [5, 5.41) is 2.32. The average molecular weight is 273 g/mol. The highest BCUT2D eigenvalue weighted by atomic mass is 79.9. The van der Waals surface area contributed by atoms with Crippen molar-refractivity contribution in [2.24, 2.45) is 0 Å². The lowest BCUT2D eigenvalue weighted by Gasteiger charge is -2.09. The lowest BCUT2D eigenvalue weighted by Crippen LogP contribution is -2.90. The standard InChI is InChI=1S/C12H18BrNO/c1-3-10(2)14-7-8-15-12-6-4-5-11(13)9-12/h4-6,9-10,14H,3,7-8H2,1-2H3/p+1/t10-/m1/s1. The predicted molar refractivity (Wildman–Crippen MR) is 66.2 cm³/mol. The lowest BCUT2D eigenvalue weighted by molar-refractivity contribution is -0.686. The molecule has 0 spiro atoms. The molecule has 0 fully saturated rings. The van der Waals surface area contributed by atoms with Crippen molar-refractivity contribution < 1.29 is 10.1 Å². The SMILES string of the molecule is CC[C@@H](C)[NH2+]CCOc1cccc(Br)c1. The predicted octanol–water partition coefficient (Wildman–Crippen LogP) is 2.19. The molecule has 84 valence electrons. The Bertz CT molecular complexity index is 291. The molecule has 1 aromatic rings. The number of nitrogens with two attached hydrogens (primary N) is 1. The van der Waals surface area contributed by atoms with Crippen molar-refractivity contribution in [3.8, 4) is 5.75 Å². The molecule has 15 heavy (non-hydrogen) atoms. The Morgan fingerprint density at radius 2 is 2.27 bits per heavy atom. The van der Waals surface area contributed by atoms with E-state index >= 15 is 0 Å². The Morgan fingerprint density at radius 1 is 1.47 bits per heavy atom. The van der Waals surface area contributed by atoms with E-state index in [4.69, 9.17) is 4.74 Å². The first-order valence-electron chi connectivity index (χ1n) is 5.44. The molecule has 2 nitrogen and oxygen atoms in total. The maximum Gasteiger partial charge on any atom is 0.137 e. The van der Waals surface area contributed by atoms with Crippen LogP contribution in [0.25, 0.3) is 0 Å². The van der Waals surface area contributed by atoms with Gasteiger partial charge in [0.25, 0.3) is 0 Å².